The van der Waals surface area contributed by atoms with Gasteiger partial charge in [0.15, 0.2) is 0 Å². The van der Waals surface area contributed by atoms with Crippen LogP contribution in [0, 0.1) is 0 Å². The van der Waals surface area contributed by atoms with E-state index in [0.29, 0.717) is 0 Å². The molecule has 1 N–H and O–H groups in total. The quantitative estimate of drug-likeness (QED) is 0.772. The number of nitrogens with zero attached hydrogens (tertiary/aromatic N) is 1. The molecule has 80 valence electrons. The average Bonchev–Trinajstić information content (AvgIpc) is 2.60. The minimum absolute atomic E-state index is 0. The molecule has 2 heterocycles. The van der Waals surface area contributed by atoms with E-state index in [-0.39, 0.29) is 24.8 Å². The second-order valence-corrected chi connectivity index (χ2v) is 3.80. The molecular formula is C9H20Cl2N2. The highest BCUT2D eigenvalue weighted by molar-refractivity contribution is 5.85. The van der Waals surface area contributed by atoms with Gasteiger partial charge in [-0.3, -0.25) is 0 Å². The van der Waals surface area contributed by atoms with E-state index in [0.717, 1.165) is 6.04 Å². The molecule has 0 amide bonds. The van der Waals surface area contributed by atoms with E-state index in [4.69, 9.17) is 0 Å². The maximum atomic E-state index is 3.54. The van der Waals surface area contributed by atoms with E-state index in [1.54, 1.807) is 0 Å². The van der Waals surface area contributed by atoms with E-state index in [1.807, 2.05) is 0 Å². The predicted octanol–water partition coefficient (Wildman–Crippen LogP) is 1.68. The molecule has 0 unspecified atom stereocenters. The van der Waals surface area contributed by atoms with Crippen LogP contribution in [0.15, 0.2) is 0 Å². The molecule has 0 aromatic carbocycles. The molecule has 0 bridgehead atoms. The third kappa shape index (κ3) is 4.03. The molecule has 0 saturated carbocycles. The van der Waals surface area contributed by atoms with Gasteiger partial charge in [0.25, 0.3) is 0 Å². The highest BCUT2D eigenvalue weighted by Gasteiger charge is 2.19. The summed E-state index contributed by atoms with van der Waals surface area (Å²) >= 11 is 0. The minimum Gasteiger partial charge on any atom is -0.313 e. The van der Waals surface area contributed by atoms with Gasteiger partial charge in [-0.25, -0.2) is 0 Å². The summed E-state index contributed by atoms with van der Waals surface area (Å²) in [5.41, 5.74) is 0. The fraction of sp³-hybridized carbons (Fsp3) is 1.00. The maximum Gasteiger partial charge on any atom is 0.0195 e. The van der Waals surface area contributed by atoms with Gasteiger partial charge in [-0.2, -0.15) is 0 Å². The smallest absolute Gasteiger partial charge is 0.0195 e. The lowest BCUT2D eigenvalue weighted by Gasteiger charge is -2.19. The zero-order chi connectivity index (χ0) is 7.52. The Bertz CT molecular complexity index is 107. The van der Waals surface area contributed by atoms with Crippen molar-refractivity contribution in [3.05, 3.63) is 0 Å². The van der Waals surface area contributed by atoms with Crippen LogP contribution in [0.3, 0.4) is 0 Å². The van der Waals surface area contributed by atoms with E-state index in [2.05, 4.69) is 10.2 Å². The first-order chi connectivity index (χ1) is 5.45. The van der Waals surface area contributed by atoms with E-state index in [9.17, 15) is 0 Å². The van der Waals surface area contributed by atoms with Crippen LogP contribution in [0.1, 0.15) is 25.7 Å². The Balaban J connectivity index is 0.000000720. The summed E-state index contributed by atoms with van der Waals surface area (Å²) < 4.78 is 0. The lowest BCUT2D eigenvalue weighted by atomic mass is 10.2. The number of rotatable bonds is 2. The number of hydrogen-bond acceptors (Lipinski definition) is 2. The SMILES string of the molecule is C1CN[C@H](CN2CCCC2)C1.Cl.Cl. The van der Waals surface area contributed by atoms with Gasteiger partial charge in [0.2, 0.25) is 0 Å². The van der Waals surface area contributed by atoms with E-state index in [1.165, 1.54) is 51.9 Å². The molecule has 2 saturated heterocycles. The van der Waals surface area contributed by atoms with Crippen molar-refractivity contribution in [2.45, 2.75) is 31.7 Å². The van der Waals surface area contributed by atoms with Gasteiger partial charge in [-0.1, -0.05) is 0 Å². The molecule has 0 aromatic heterocycles. The van der Waals surface area contributed by atoms with Crippen molar-refractivity contribution in [3.63, 3.8) is 0 Å². The summed E-state index contributed by atoms with van der Waals surface area (Å²) in [6.07, 6.45) is 5.63. The second-order valence-electron chi connectivity index (χ2n) is 3.80. The monoisotopic (exact) mass is 226 g/mol. The fourth-order valence-corrected chi connectivity index (χ4v) is 2.19. The third-order valence-corrected chi connectivity index (χ3v) is 2.84. The Morgan fingerprint density at radius 3 is 2.31 bits per heavy atom. The van der Waals surface area contributed by atoms with Crippen LogP contribution < -0.4 is 5.32 Å². The number of halogens is 2. The Morgan fingerprint density at radius 1 is 1.08 bits per heavy atom. The topological polar surface area (TPSA) is 15.3 Å². The summed E-state index contributed by atoms with van der Waals surface area (Å²) in [5.74, 6) is 0. The standard InChI is InChI=1S/C9H18N2.2ClH/c1-2-7-11(6-1)8-9-4-3-5-10-9;;/h9-10H,1-8H2;2*1H/t9-;;/m0../s1. The van der Waals surface area contributed by atoms with Crippen LogP contribution >= 0.6 is 24.8 Å². The van der Waals surface area contributed by atoms with E-state index < -0.39 is 0 Å². The number of hydrogen-bond donors (Lipinski definition) is 1. The summed E-state index contributed by atoms with van der Waals surface area (Å²) in [6, 6.07) is 0.813. The van der Waals surface area contributed by atoms with Gasteiger partial charge in [0.05, 0.1) is 0 Å². The van der Waals surface area contributed by atoms with Crippen molar-refractivity contribution in [2.75, 3.05) is 26.2 Å². The van der Waals surface area contributed by atoms with Crippen molar-refractivity contribution in [3.8, 4) is 0 Å². The molecule has 2 aliphatic heterocycles. The van der Waals surface area contributed by atoms with Crippen molar-refractivity contribution in [1.29, 1.82) is 0 Å². The molecule has 0 aliphatic carbocycles. The molecule has 2 fully saturated rings. The first kappa shape index (κ1) is 13.5. The van der Waals surface area contributed by atoms with Crippen LogP contribution in [0.2, 0.25) is 0 Å². The lowest BCUT2D eigenvalue weighted by Crippen LogP contribution is -2.35. The maximum absolute atomic E-state index is 3.54. The summed E-state index contributed by atoms with van der Waals surface area (Å²) in [7, 11) is 0. The Morgan fingerprint density at radius 2 is 1.77 bits per heavy atom. The Labute approximate surface area is 93.3 Å². The van der Waals surface area contributed by atoms with Gasteiger partial charge in [-0.15, -0.1) is 24.8 Å². The summed E-state index contributed by atoms with van der Waals surface area (Å²) in [4.78, 5) is 2.60. The van der Waals surface area contributed by atoms with Gasteiger partial charge in [0.1, 0.15) is 0 Å². The zero-order valence-electron chi connectivity index (χ0n) is 8.00. The molecule has 13 heavy (non-hydrogen) atoms. The minimum atomic E-state index is 0. The van der Waals surface area contributed by atoms with Crippen molar-refractivity contribution in [1.82, 2.24) is 10.2 Å². The van der Waals surface area contributed by atoms with Crippen LogP contribution in [-0.2, 0) is 0 Å². The molecule has 4 heteroatoms. The lowest BCUT2D eigenvalue weighted by molar-refractivity contribution is 0.303. The Kier molecular flexibility index (Phi) is 7.15. The van der Waals surface area contributed by atoms with Gasteiger partial charge < -0.3 is 10.2 Å². The highest BCUT2D eigenvalue weighted by atomic mass is 35.5. The average molecular weight is 227 g/mol. The largest absolute Gasteiger partial charge is 0.313 e. The van der Waals surface area contributed by atoms with Crippen molar-refractivity contribution >= 4 is 24.8 Å². The molecule has 0 spiro atoms. The third-order valence-electron chi connectivity index (χ3n) is 2.84. The Hall–Kier alpha value is 0.500. The molecule has 2 rings (SSSR count). The second kappa shape index (κ2) is 6.88. The van der Waals surface area contributed by atoms with Gasteiger partial charge in [0, 0.05) is 12.6 Å². The molecule has 1 atom stereocenters. The van der Waals surface area contributed by atoms with E-state index >= 15 is 0 Å². The predicted molar refractivity (Wildman–Crippen MR) is 61.2 cm³/mol. The molecule has 2 aliphatic rings. The highest BCUT2D eigenvalue weighted by Crippen LogP contribution is 2.11. The zero-order valence-corrected chi connectivity index (χ0v) is 9.63. The molecule has 2 nitrogen and oxygen atoms in total. The van der Waals surface area contributed by atoms with Gasteiger partial charge >= 0.3 is 0 Å². The van der Waals surface area contributed by atoms with Crippen molar-refractivity contribution < 1.29 is 0 Å². The van der Waals surface area contributed by atoms with Gasteiger partial charge in [-0.05, 0) is 45.3 Å². The van der Waals surface area contributed by atoms with Crippen LogP contribution in [-0.4, -0.2) is 37.1 Å². The van der Waals surface area contributed by atoms with Crippen LogP contribution in [0.25, 0.3) is 0 Å². The first-order valence-electron chi connectivity index (χ1n) is 4.91. The fourth-order valence-electron chi connectivity index (χ4n) is 2.19. The normalized spacial score (nSPS) is 28.2. The number of nitrogens with one attached hydrogen (secondary N) is 1. The summed E-state index contributed by atoms with van der Waals surface area (Å²) in [5, 5.41) is 3.54. The van der Waals surface area contributed by atoms with Crippen LogP contribution in [0.4, 0.5) is 0 Å². The summed E-state index contributed by atoms with van der Waals surface area (Å²) in [6.45, 7) is 5.24. The number of likely N-dealkylation sites (tertiary alicyclic amines) is 1. The molecule has 0 radical (unpaired) electrons. The molecule has 0 aromatic rings. The van der Waals surface area contributed by atoms with Crippen LogP contribution in [0.5, 0.6) is 0 Å². The molecular weight excluding hydrogens is 207 g/mol. The van der Waals surface area contributed by atoms with Crippen molar-refractivity contribution in [2.24, 2.45) is 0 Å². The first-order valence-corrected chi connectivity index (χ1v) is 4.91.